The second kappa shape index (κ2) is 8.13. The van der Waals surface area contributed by atoms with Crippen molar-refractivity contribution in [3.05, 3.63) is 58.0 Å². The quantitative estimate of drug-likeness (QED) is 0.760. The molecule has 1 unspecified atom stereocenters. The molecule has 1 aromatic heterocycles. The van der Waals surface area contributed by atoms with Gasteiger partial charge in [-0.1, -0.05) is 12.1 Å². The third kappa shape index (κ3) is 4.69. The largest absolute Gasteiger partial charge is 0.356 e. The molecule has 0 spiro atoms. The first-order valence-corrected chi connectivity index (χ1v) is 10.3. The Balaban J connectivity index is 1.64. The first kappa shape index (κ1) is 19.4. The Morgan fingerprint density at radius 1 is 1.22 bits per heavy atom. The summed E-state index contributed by atoms with van der Waals surface area (Å²) in [5, 5.41) is 5.63. The molecule has 2 heterocycles. The molecule has 0 aliphatic carbocycles. The summed E-state index contributed by atoms with van der Waals surface area (Å²) in [6.45, 7) is -0.194. The highest BCUT2D eigenvalue weighted by Crippen LogP contribution is 2.12. The number of nitrogens with zero attached hydrogens (tertiary/aromatic N) is 1. The van der Waals surface area contributed by atoms with Gasteiger partial charge in [-0.3, -0.25) is 9.59 Å². The average Bonchev–Trinajstić information content (AvgIpc) is 3.17. The molecule has 1 atom stereocenters. The number of thiophene rings is 1. The molecule has 2 amide bonds. The Morgan fingerprint density at radius 2 is 2.00 bits per heavy atom. The highest BCUT2D eigenvalue weighted by molar-refractivity contribution is 7.87. The maximum absolute atomic E-state index is 13.7. The molecule has 1 saturated heterocycles. The van der Waals surface area contributed by atoms with Gasteiger partial charge in [-0.25, -0.2) is 9.11 Å². The second-order valence-electron chi connectivity index (χ2n) is 5.62. The molecule has 144 valence electrons. The fourth-order valence-electron chi connectivity index (χ4n) is 2.43. The first-order chi connectivity index (χ1) is 12.9. The predicted octanol–water partition coefficient (Wildman–Crippen LogP) is 0.950. The number of carbonyl (C=O) groups is 2. The monoisotopic (exact) mass is 413 g/mol. The molecular weight excluding hydrogens is 397 g/mol. The summed E-state index contributed by atoms with van der Waals surface area (Å²) < 4.78 is 46.8. The Kier molecular flexibility index (Phi) is 5.85. The van der Waals surface area contributed by atoms with E-state index in [2.05, 4.69) is 5.32 Å². The smallest absolute Gasteiger partial charge is 0.304 e. The molecule has 27 heavy (non-hydrogen) atoms. The van der Waals surface area contributed by atoms with Crippen LogP contribution in [0, 0.1) is 5.82 Å². The fourth-order valence-corrected chi connectivity index (χ4v) is 4.20. The minimum Gasteiger partial charge on any atom is -0.356 e. The van der Waals surface area contributed by atoms with Crippen molar-refractivity contribution in [2.24, 2.45) is 0 Å². The van der Waals surface area contributed by atoms with Crippen molar-refractivity contribution in [1.82, 2.24) is 14.3 Å². The maximum Gasteiger partial charge on any atom is 0.304 e. The molecule has 8 nitrogen and oxygen atoms in total. The summed E-state index contributed by atoms with van der Waals surface area (Å²) in [5.41, 5.74) is 0.0630. The van der Waals surface area contributed by atoms with E-state index in [0.29, 0.717) is 0 Å². The minimum atomic E-state index is -4.12. The second-order valence-corrected chi connectivity index (χ2v) is 8.07. The van der Waals surface area contributed by atoms with Crippen LogP contribution < -0.4 is 10.0 Å². The maximum atomic E-state index is 13.7. The third-order valence-electron chi connectivity index (χ3n) is 3.78. The van der Waals surface area contributed by atoms with Crippen LogP contribution in [0.1, 0.15) is 20.7 Å². The molecular formula is C16H16FN3O5S2. The van der Waals surface area contributed by atoms with E-state index < -0.39 is 34.1 Å². The number of carbonyl (C=O) groups excluding carboxylic acids is 2. The minimum absolute atomic E-state index is 0.00969. The number of halogens is 1. The van der Waals surface area contributed by atoms with Crippen molar-refractivity contribution in [1.29, 1.82) is 0 Å². The summed E-state index contributed by atoms with van der Waals surface area (Å²) in [5.74, 6) is -2.16. The number of hydrogen-bond acceptors (Lipinski definition) is 6. The molecule has 2 N–H and O–H groups in total. The van der Waals surface area contributed by atoms with Crippen LogP contribution in [0.2, 0.25) is 0 Å². The van der Waals surface area contributed by atoms with E-state index in [1.54, 1.807) is 5.38 Å². The number of benzene rings is 1. The van der Waals surface area contributed by atoms with E-state index in [0.717, 1.165) is 10.4 Å². The van der Waals surface area contributed by atoms with Gasteiger partial charge in [-0.2, -0.15) is 24.1 Å². The Hall–Kier alpha value is -2.34. The van der Waals surface area contributed by atoms with E-state index in [-0.39, 0.29) is 30.8 Å². The SMILES string of the molecule is O=C(NS(=O)(=O)N1CCOC(NC(=O)c2ccccc2F)C1)c1ccsc1. The lowest BCUT2D eigenvalue weighted by Gasteiger charge is -2.32. The van der Waals surface area contributed by atoms with Crippen LogP contribution in [0.15, 0.2) is 41.1 Å². The van der Waals surface area contributed by atoms with Crippen LogP contribution in [0.3, 0.4) is 0 Å². The summed E-state index contributed by atoms with van der Waals surface area (Å²) in [4.78, 5) is 24.1. The van der Waals surface area contributed by atoms with Crippen LogP contribution in [0.5, 0.6) is 0 Å². The Morgan fingerprint density at radius 3 is 2.70 bits per heavy atom. The Bertz CT molecular complexity index is 933. The molecule has 0 bridgehead atoms. The van der Waals surface area contributed by atoms with Crippen molar-refractivity contribution < 1.29 is 27.1 Å². The van der Waals surface area contributed by atoms with Crippen LogP contribution in [0.25, 0.3) is 0 Å². The highest BCUT2D eigenvalue weighted by Gasteiger charge is 2.32. The standard InChI is InChI=1S/C16H16FN3O5S2/c17-13-4-2-1-3-12(13)16(22)18-14-9-20(6-7-25-14)27(23,24)19-15(21)11-5-8-26-10-11/h1-5,8,10,14H,6-7,9H2,(H,18,22)(H,19,21). The Labute approximate surface area is 159 Å². The van der Waals surface area contributed by atoms with Crippen LogP contribution in [-0.4, -0.2) is 50.5 Å². The normalized spacial score (nSPS) is 18.0. The van der Waals surface area contributed by atoms with Crippen molar-refractivity contribution in [3.63, 3.8) is 0 Å². The van der Waals surface area contributed by atoms with Crippen LogP contribution >= 0.6 is 11.3 Å². The van der Waals surface area contributed by atoms with Gasteiger partial charge in [0.1, 0.15) is 12.0 Å². The van der Waals surface area contributed by atoms with Gasteiger partial charge in [0.2, 0.25) is 0 Å². The number of morpholine rings is 1. The van der Waals surface area contributed by atoms with Gasteiger partial charge in [0.25, 0.3) is 11.8 Å². The van der Waals surface area contributed by atoms with Gasteiger partial charge >= 0.3 is 10.2 Å². The molecule has 0 radical (unpaired) electrons. The van der Waals surface area contributed by atoms with Crippen LogP contribution in [-0.2, 0) is 14.9 Å². The molecule has 11 heteroatoms. The van der Waals surface area contributed by atoms with Crippen molar-refractivity contribution >= 4 is 33.4 Å². The van der Waals surface area contributed by atoms with Crippen LogP contribution in [0.4, 0.5) is 4.39 Å². The predicted molar refractivity (Wildman–Crippen MR) is 95.9 cm³/mol. The average molecular weight is 413 g/mol. The number of ether oxygens (including phenoxy) is 1. The lowest BCUT2D eigenvalue weighted by molar-refractivity contribution is -0.0176. The van der Waals surface area contributed by atoms with Gasteiger partial charge in [0, 0.05) is 11.9 Å². The summed E-state index contributed by atoms with van der Waals surface area (Å²) in [7, 11) is -4.12. The molecule has 1 aliphatic heterocycles. The zero-order valence-electron chi connectivity index (χ0n) is 13.9. The third-order valence-corrected chi connectivity index (χ3v) is 5.92. The van der Waals surface area contributed by atoms with Gasteiger partial charge in [0.15, 0.2) is 0 Å². The summed E-state index contributed by atoms with van der Waals surface area (Å²) in [6.07, 6.45) is -0.973. The van der Waals surface area contributed by atoms with Gasteiger partial charge in [0.05, 0.1) is 24.3 Å². The number of hydrogen-bond donors (Lipinski definition) is 2. The lowest BCUT2D eigenvalue weighted by Crippen LogP contribution is -2.55. The van der Waals surface area contributed by atoms with Crippen molar-refractivity contribution in [2.45, 2.75) is 6.23 Å². The molecule has 1 fully saturated rings. The van der Waals surface area contributed by atoms with Crippen molar-refractivity contribution in [3.8, 4) is 0 Å². The van der Waals surface area contributed by atoms with Gasteiger partial charge in [-0.05, 0) is 23.6 Å². The fraction of sp³-hybridized carbons (Fsp3) is 0.250. The molecule has 1 aliphatic rings. The van der Waals surface area contributed by atoms with Gasteiger partial charge in [-0.15, -0.1) is 0 Å². The topological polar surface area (TPSA) is 105 Å². The molecule has 2 aromatic rings. The zero-order valence-corrected chi connectivity index (χ0v) is 15.6. The number of rotatable bonds is 5. The van der Waals surface area contributed by atoms with E-state index in [1.807, 2.05) is 4.72 Å². The van der Waals surface area contributed by atoms with E-state index in [4.69, 9.17) is 4.74 Å². The molecule has 1 aromatic carbocycles. The highest BCUT2D eigenvalue weighted by atomic mass is 32.2. The number of amides is 2. The molecule has 3 rings (SSSR count). The zero-order chi connectivity index (χ0) is 19.4. The number of nitrogens with one attached hydrogen (secondary N) is 2. The van der Waals surface area contributed by atoms with E-state index in [9.17, 15) is 22.4 Å². The van der Waals surface area contributed by atoms with Crippen molar-refractivity contribution in [2.75, 3.05) is 19.7 Å². The molecule has 0 saturated carbocycles. The lowest BCUT2D eigenvalue weighted by atomic mass is 10.2. The van der Waals surface area contributed by atoms with Gasteiger partial charge < -0.3 is 10.1 Å². The first-order valence-electron chi connectivity index (χ1n) is 7.88. The van der Waals surface area contributed by atoms with E-state index >= 15 is 0 Å². The van der Waals surface area contributed by atoms with E-state index in [1.165, 1.54) is 41.0 Å². The summed E-state index contributed by atoms with van der Waals surface area (Å²) in [6, 6.07) is 6.92. The summed E-state index contributed by atoms with van der Waals surface area (Å²) >= 11 is 1.27.